The molecule has 1 unspecified atom stereocenters. The first-order valence-electron chi connectivity index (χ1n) is 5.72. The van der Waals surface area contributed by atoms with Gasteiger partial charge in [-0.1, -0.05) is 23.7 Å². The summed E-state index contributed by atoms with van der Waals surface area (Å²) in [6.07, 6.45) is 0. The maximum absolute atomic E-state index is 11.6. The van der Waals surface area contributed by atoms with Gasteiger partial charge in [0.25, 0.3) is 0 Å². The second-order valence-corrected chi connectivity index (χ2v) is 5.36. The number of ether oxygens (including phenoxy) is 1. The smallest absolute Gasteiger partial charge is 0.328 e. The number of benzene rings is 1. The molecule has 0 spiro atoms. The first-order valence-corrected chi connectivity index (χ1v) is 7.25. The molecule has 1 aromatic rings. The minimum atomic E-state index is -0.621. The Labute approximate surface area is 121 Å². The van der Waals surface area contributed by atoms with Crippen LogP contribution in [0.5, 0.6) is 0 Å². The fourth-order valence-electron chi connectivity index (χ4n) is 1.41. The molecule has 0 bridgehead atoms. The largest absolute Gasteiger partial charge is 0.467 e. The average molecular weight is 302 g/mol. The summed E-state index contributed by atoms with van der Waals surface area (Å²) in [5, 5.41) is 3.25. The van der Waals surface area contributed by atoms with Crippen molar-refractivity contribution < 1.29 is 14.3 Å². The summed E-state index contributed by atoms with van der Waals surface area (Å²) >= 11 is 7.33. The van der Waals surface area contributed by atoms with Crippen LogP contribution in [-0.2, 0) is 20.1 Å². The Morgan fingerprint density at radius 1 is 1.47 bits per heavy atom. The number of hydrogen-bond acceptors (Lipinski definition) is 4. The second-order valence-electron chi connectivity index (χ2n) is 3.94. The molecule has 0 radical (unpaired) electrons. The number of nitrogens with one attached hydrogen (secondary N) is 1. The van der Waals surface area contributed by atoms with Crippen LogP contribution in [0.2, 0.25) is 5.02 Å². The summed E-state index contributed by atoms with van der Waals surface area (Å²) in [6.45, 7) is 1.59. The molecule has 0 saturated carbocycles. The molecule has 0 aliphatic rings. The number of thioether (sulfide) groups is 1. The Hall–Kier alpha value is -1.20. The van der Waals surface area contributed by atoms with Crippen LogP contribution in [0.1, 0.15) is 12.5 Å². The molecule has 0 aliphatic heterocycles. The molecule has 0 fully saturated rings. The van der Waals surface area contributed by atoms with E-state index in [-0.39, 0.29) is 11.7 Å². The van der Waals surface area contributed by atoms with Gasteiger partial charge in [-0.15, -0.1) is 11.8 Å². The number of methoxy groups -OCH3 is 1. The topological polar surface area (TPSA) is 55.4 Å². The highest BCUT2D eigenvalue weighted by molar-refractivity contribution is 7.99. The van der Waals surface area contributed by atoms with E-state index in [0.29, 0.717) is 10.8 Å². The van der Waals surface area contributed by atoms with Crippen molar-refractivity contribution in [3.8, 4) is 0 Å². The molecular formula is C13H16ClNO3S. The van der Waals surface area contributed by atoms with E-state index in [2.05, 4.69) is 10.1 Å². The fraction of sp³-hybridized carbons (Fsp3) is 0.385. The lowest BCUT2D eigenvalue weighted by Crippen LogP contribution is -2.40. The zero-order valence-corrected chi connectivity index (χ0v) is 12.4. The van der Waals surface area contributed by atoms with Crippen LogP contribution in [0, 0.1) is 0 Å². The van der Waals surface area contributed by atoms with E-state index < -0.39 is 12.0 Å². The van der Waals surface area contributed by atoms with Crippen LogP contribution in [0.25, 0.3) is 0 Å². The third kappa shape index (κ3) is 5.98. The van der Waals surface area contributed by atoms with Crippen LogP contribution < -0.4 is 5.32 Å². The molecule has 0 heterocycles. The zero-order chi connectivity index (χ0) is 14.3. The summed E-state index contributed by atoms with van der Waals surface area (Å²) in [6, 6.07) is 6.87. The van der Waals surface area contributed by atoms with Crippen molar-refractivity contribution in [2.75, 3.05) is 12.9 Å². The second kappa shape index (κ2) is 8.07. The highest BCUT2D eigenvalue weighted by atomic mass is 35.5. The van der Waals surface area contributed by atoms with Gasteiger partial charge in [0.2, 0.25) is 5.91 Å². The van der Waals surface area contributed by atoms with Crippen LogP contribution in [0.15, 0.2) is 24.3 Å². The van der Waals surface area contributed by atoms with Gasteiger partial charge in [0.05, 0.1) is 12.9 Å². The minimum absolute atomic E-state index is 0.190. The molecule has 4 nitrogen and oxygen atoms in total. The molecule has 1 N–H and O–H groups in total. The van der Waals surface area contributed by atoms with Crippen molar-refractivity contribution in [2.24, 2.45) is 0 Å². The van der Waals surface area contributed by atoms with Gasteiger partial charge in [0.1, 0.15) is 6.04 Å². The number of hydrogen-bond donors (Lipinski definition) is 1. The lowest BCUT2D eigenvalue weighted by Gasteiger charge is -2.11. The van der Waals surface area contributed by atoms with E-state index in [0.717, 1.165) is 5.56 Å². The first-order chi connectivity index (χ1) is 9.02. The lowest BCUT2D eigenvalue weighted by molar-refractivity contribution is -0.144. The third-order valence-electron chi connectivity index (χ3n) is 2.32. The van der Waals surface area contributed by atoms with Gasteiger partial charge in [0, 0.05) is 10.8 Å². The Kier molecular flexibility index (Phi) is 6.73. The van der Waals surface area contributed by atoms with E-state index in [1.54, 1.807) is 13.0 Å². The van der Waals surface area contributed by atoms with Gasteiger partial charge in [-0.3, -0.25) is 4.79 Å². The van der Waals surface area contributed by atoms with Gasteiger partial charge in [-0.2, -0.15) is 0 Å². The van der Waals surface area contributed by atoms with Crippen molar-refractivity contribution >= 4 is 35.2 Å². The molecule has 1 aromatic carbocycles. The molecule has 0 aromatic heterocycles. The predicted octanol–water partition coefficient (Wildman–Crippen LogP) is 2.25. The number of rotatable bonds is 6. The fourth-order valence-corrected chi connectivity index (χ4v) is 2.41. The van der Waals surface area contributed by atoms with E-state index in [9.17, 15) is 9.59 Å². The summed E-state index contributed by atoms with van der Waals surface area (Å²) in [4.78, 5) is 22.7. The Morgan fingerprint density at radius 2 is 2.21 bits per heavy atom. The van der Waals surface area contributed by atoms with Gasteiger partial charge >= 0.3 is 5.97 Å². The molecule has 0 saturated heterocycles. The molecule has 6 heteroatoms. The molecule has 0 aliphatic carbocycles. The maximum atomic E-state index is 11.6. The monoisotopic (exact) mass is 301 g/mol. The van der Waals surface area contributed by atoms with Crippen LogP contribution in [0.3, 0.4) is 0 Å². The SMILES string of the molecule is COC(=O)C(C)NC(=O)CSCc1cccc(Cl)c1. The third-order valence-corrected chi connectivity index (χ3v) is 3.56. The van der Waals surface area contributed by atoms with Gasteiger partial charge in [-0.05, 0) is 24.6 Å². The summed E-state index contributed by atoms with van der Waals surface area (Å²) in [7, 11) is 1.29. The van der Waals surface area contributed by atoms with Crippen molar-refractivity contribution in [2.45, 2.75) is 18.7 Å². The van der Waals surface area contributed by atoms with Crippen molar-refractivity contribution in [1.82, 2.24) is 5.32 Å². The zero-order valence-electron chi connectivity index (χ0n) is 10.8. The van der Waals surface area contributed by atoms with E-state index in [4.69, 9.17) is 11.6 Å². The lowest BCUT2D eigenvalue weighted by atomic mass is 10.2. The number of esters is 1. The highest BCUT2D eigenvalue weighted by Crippen LogP contribution is 2.16. The Balaban J connectivity index is 2.29. The summed E-state index contributed by atoms with van der Waals surface area (Å²) in [5.74, 6) is 0.340. The molecule has 19 heavy (non-hydrogen) atoms. The Bertz CT molecular complexity index is 453. The standard InChI is InChI=1S/C13H16ClNO3S/c1-9(13(17)18-2)15-12(16)8-19-7-10-4-3-5-11(14)6-10/h3-6,9H,7-8H2,1-2H3,(H,15,16). The van der Waals surface area contributed by atoms with Gasteiger partial charge < -0.3 is 10.1 Å². The van der Waals surface area contributed by atoms with Crippen molar-refractivity contribution in [1.29, 1.82) is 0 Å². The number of carbonyl (C=O) groups is 2. The molecule has 104 valence electrons. The van der Waals surface area contributed by atoms with Gasteiger partial charge in [-0.25, -0.2) is 4.79 Å². The maximum Gasteiger partial charge on any atom is 0.328 e. The molecule has 1 amide bonds. The van der Waals surface area contributed by atoms with Crippen molar-refractivity contribution in [3.05, 3.63) is 34.9 Å². The number of carbonyl (C=O) groups excluding carboxylic acids is 2. The van der Waals surface area contributed by atoms with E-state index in [1.807, 2.05) is 18.2 Å². The Morgan fingerprint density at radius 3 is 2.84 bits per heavy atom. The summed E-state index contributed by atoms with van der Waals surface area (Å²) < 4.78 is 4.52. The number of halogens is 1. The highest BCUT2D eigenvalue weighted by Gasteiger charge is 2.15. The quantitative estimate of drug-likeness (QED) is 0.819. The van der Waals surface area contributed by atoms with Crippen LogP contribution in [-0.4, -0.2) is 30.8 Å². The van der Waals surface area contributed by atoms with Crippen molar-refractivity contribution in [3.63, 3.8) is 0 Å². The predicted molar refractivity (Wildman–Crippen MR) is 77.2 cm³/mol. The van der Waals surface area contributed by atoms with Crippen LogP contribution in [0.4, 0.5) is 0 Å². The molecular weight excluding hydrogens is 286 g/mol. The molecule has 1 atom stereocenters. The minimum Gasteiger partial charge on any atom is -0.467 e. The first kappa shape index (κ1) is 15.9. The average Bonchev–Trinajstić information content (AvgIpc) is 2.37. The number of amides is 1. The molecule has 1 rings (SSSR count). The summed E-state index contributed by atoms with van der Waals surface area (Å²) in [5.41, 5.74) is 1.06. The van der Waals surface area contributed by atoms with E-state index in [1.165, 1.54) is 18.9 Å². The van der Waals surface area contributed by atoms with Gasteiger partial charge in [0.15, 0.2) is 0 Å². The van der Waals surface area contributed by atoms with E-state index >= 15 is 0 Å². The normalized spacial score (nSPS) is 11.7. The van der Waals surface area contributed by atoms with Crippen LogP contribution >= 0.6 is 23.4 Å².